The van der Waals surface area contributed by atoms with Crippen LogP contribution in [0.15, 0.2) is 95.4 Å². The molecular formula is C25H15IN2O. The Morgan fingerprint density at radius 2 is 1.38 bits per heavy atom. The number of aromatic nitrogens is 2. The summed E-state index contributed by atoms with van der Waals surface area (Å²) in [5, 5.41) is 2.53. The Kier molecular flexibility index (Phi) is 3.74. The van der Waals surface area contributed by atoms with E-state index in [1.807, 2.05) is 18.2 Å². The minimum Gasteiger partial charge on any atom is -0.436 e. The van der Waals surface area contributed by atoms with Gasteiger partial charge in [0.25, 0.3) is 0 Å². The van der Waals surface area contributed by atoms with E-state index in [0.29, 0.717) is 5.89 Å². The van der Waals surface area contributed by atoms with Crippen molar-refractivity contribution in [3.63, 3.8) is 0 Å². The molecule has 0 saturated carbocycles. The highest BCUT2D eigenvalue weighted by molar-refractivity contribution is 14.1. The third-order valence-electron chi connectivity index (χ3n) is 5.30. The van der Waals surface area contributed by atoms with Crippen molar-refractivity contribution in [2.24, 2.45) is 0 Å². The number of hydrogen-bond acceptors (Lipinski definition) is 2. The average Bonchev–Trinajstić information content (AvgIpc) is 3.33. The van der Waals surface area contributed by atoms with E-state index in [4.69, 9.17) is 4.42 Å². The van der Waals surface area contributed by atoms with Crippen molar-refractivity contribution < 1.29 is 4.42 Å². The normalized spacial score (nSPS) is 11.6. The SMILES string of the molecule is Ic1ccc2oc(-c3ccc(-n4c5ccccc5c5ccccc54)cc3)nc2c1. The summed E-state index contributed by atoms with van der Waals surface area (Å²) in [4.78, 5) is 4.66. The van der Waals surface area contributed by atoms with Crippen LogP contribution in [-0.4, -0.2) is 9.55 Å². The molecule has 3 nitrogen and oxygen atoms in total. The van der Waals surface area contributed by atoms with Crippen LogP contribution in [0.2, 0.25) is 0 Å². The maximum Gasteiger partial charge on any atom is 0.227 e. The van der Waals surface area contributed by atoms with Gasteiger partial charge < -0.3 is 8.98 Å². The van der Waals surface area contributed by atoms with Crippen LogP contribution in [0.3, 0.4) is 0 Å². The van der Waals surface area contributed by atoms with E-state index in [-0.39, 0.29) is 0 Å². The van der Waals surface area contributed by atoms with Gasteiger partial charge in [-0.25, -0.2) is 4.98 Å². The van der Waals surface area contributed by atoms with Crippen LogP contribution in [0.5, 0.6) is 0 Å². The van der Waals surface area contributed by atoms with Crippen molar-refractivity contribution in [2.45, 2.75) is 0 Å². The van der Waals surface area contributed by atoms with Gasteiger partial charge in [-0.15, -0.1) is 0 Å². The topological polar surface area (TPSA) is 31.0 Å². The fourth-order valence-corrected chi connectivity index (χ4v) is 4.45. The Balaban J connectivity index is 1.50. The summed E-state index contributed by atoms with van der Waals surface area (Å²) in [7, 11) is 0. The van der Waals surface area contributed by atoms with Crippen LogP contribution in [0, 0.1) is 3.57 Å². The summed E-state index contributed by atoms with van der Waals surface area (Å²) < 4.78 is 9.42. The molecule has 0 aliphatic heterocycles. The van der Waals surface area contributed by atoms with Gasteiger partial charge >= 0.3 is 0 Å². The molecule has 0 aliphatic rings. The Bertz CT molecular complexity index is 1460. The van der Waals surface area contributed by atoms with E-state index in [2.05, 4.69) is 105 Å². The number of rotatable bonds is 2. The number of halogens is 1. The van der Waals surface area contributed by atoms with Gasteiger partial charge in [0.05, 0.1) is 11.0 Å². The second kappa shape index (κ2) is 6.46. The molecule has 0 N–H and O–H groups in total. The summed E-state index contributed by atoms with van der Waals surface area (Å²) in [6.45, 7) is 0. The zero-order valence-electron chi connectivity index (χ0n) is 15.3. The van der Waals surface area contributed by atoms with Crippen molar-refractivity contribution in [2.75, 3.05) is 0 Å². The first-order chi connectivity index (χ1) is 14.3. The van der Waals surface area contributed by atoms with Gasteiger partial charge in [-0.3, -0.25) is 0 Å². The fraction of sp³-hybridized carbons (Fsp3) is 0. The van der Waals surface area contributed by atoms with Crippen LogP contribution < -0.4 is 0 Å². The van der Waals surface area contributed by atoms with Crippen molar-refractivity contribution in [1.82, 2.24) is 9.55 Å². The lowest BCUT2D eigenvalue weighted by Crippen LogP contribution is -1.93. The molecule has 0 amide bonds. The molecule has 0 bridgehead atoms. The third kappa shape index (κ3) is 2.67. The molecule has 2 aromatic heterocycles. The van der Waals surface area contributed by atoms with E-state index in [1.54, 1.807) is 0 Å². The Hall–Kier alpha value is -3.12. The van der Waals surface area contributed by atoms with E-state index in [9.17, 15) is 0 Å². The van der Waals surface area contributed by atoms with Gasteiger partial charge in [0, 0.05) is 25.6 Å². The third-order valence-corrected chi connectivity index (χ3v) is 5.97. The minimum absolute atomic E-state index is 0.649. The van der Waals surface area contributed by atoms with E-state index >= 15 is 0 Å². The smallest absolute Gasteiger partial charge is 0.227 e. The van der Waals surface area contributed by atoms with Gasteiger partial charge in [0.1, 0.15) is 5.52 Å². The monoisotopic (exact) mass is 486 g/mol. The molecule has 138 valence electrons. The number of fused-ring (bicyclic) bond motifs is 4. The van der Waals surface area contributed by atoms with Crippen molar-refractivity contribution in [1.29, 1.82) is 0 Å². The Morgan fingerprint density at radius 1 is 0.724 bits per heavy atom. The number of benzene rings is 4. The quantitative estimate of drug-likeness (QED) is 0.243. The molecule has 0 unspecified atom stereocenters. The van der Waals surface area contributed by atoms with Crippen LogP contribution in [0.1, 0.15) is 0 Å². The molecular weight excluding hydrogens is 471 g/mol. The molecule has 0 saturated heterocycles. The van der Waals surface area contributed by atoms with Crippen LogP contribution >= 0.6 is 22.6 Å². The van der Waals surface area contributed by atoms with Crippen molar-refractivity contribution >= 4 is 55.5 Å². The molecule has 0 atom stereocenters. The zero-order valence-corrected chi connectivity index (χ0v) is 17.5. The Labute approximate surface area is 180 Å². The molecule has 0 radical (unpaired) electrons. The summed E-state index contributed by atoms with van der Waals surface area (Å²) in [6, 6.07) is 31.5. The average molecular weight is 486 g/mol. The lowest BCUT2D eigenvalue weighted by Gasteiger charge is -2.08. The first-order valence-corrected chi connectivity index (χ1v) is 10.5. The summed E-state index contributed by atoms with van der Waals surface area (Å²) in [5.74, 6) is 0.649. The van der Waals surface area contributed by atoms with Crippen molar-refractivity contribution in [3.05, 3.63) is 94.6 Å². The molecule has 6 aromatic rings. The molecule has 4 heteroatoms. The standard InChI is InChI=1S/C25H15IN2O/c26-17-11-14-24-21(15-17)27-25(29-24)16-9-12-18(13-10-16)28-22-7-3-1-5-19(22)20-6-2-4-8-23(20)28/h1-15H. The molecule has 2 heterocycles. The second-order valence-corrected chi connectivity index (χ2v) is 8.29. The van der Waals surface area contributed by atoms with Crippen LogP contribution in [0.4, 0.5) is 0 Å². The second-order valence-electron chi connectivity index (χ2n) is 7.05. The highest BCUT2D eigenvalue weighted by Gasteiger charge is 2.13. The highest BCUT2D eigenvalue weighted by Crippen LogP contribution is 2.33. The lowest BCUT2D eigenvalue weighted by molar-refractivity contribution is 0.620. The summed E-state index contributed by atoms with van der Waals surface area (Å²) >= 11 is 2.29. The van der Waals surface area contributed by atoms with E-state index in [0.717, 1.165) is 25.9 Å². The van der Waals surface area contributed by atoms with E-state index in [1.165, 1.54) is 21.8 Å². The fourth-order valence-electron chi connectivity index (χ4n) is 3.98. The maximum atomic E-state index is 5.96. The lowest BCUT2D eigenvalue weighted by atomic mass is 10.2. The predicted molar refractivity (Wildman–Crippen MR) is 127 cm³/mol. The molecule has 4 aromatic carbocycles. The van der Waals surface area contributed by atoms with Crippen LogP contribution in [-0.2, 0) is 0 Å². The predicted octanol–water partition coefficient (Wildman–Crippen LogP) is 7.20. The van der Waals surface area contributed by atoms with Gasteiger partial charge in [-0.05, 0) is 77.2 Å². The number of para-hydroxylation sites is 2. The number of nitrogens with zero attached hydrogens (tertiary/aromatic N) is 2. The molecule has 0 spiro atoms. The molecule has 6 rings (SSSR count). The van der Waals surface area contributed by atoms with Gasteiger partial charge in [0.2, 0.25) is 5.89 Å². The van der Waals surface area contributed by atoms with Crippen LogP contribution in [0.25, 0.3) is 50.0 Å². The Morgan fingerprint density at radius 3 is 2.07 bits per heavy atom. The summed E-state index contributed by atoms with van der Waals surface area (Å²) in [6.07, 6.45) is 0. The highest BCUT2D eigenvalue weighted by atomic mass is 127. The van der Waals surface area contributed by atoms with Crippen molar-refractivity contribution in [3.8, 4) is 17.1 Å². The summed E-state index contributed by atoms with van der Waals surface area (Å²) in [5.41, 5.74) is 6.21. The maximum absolute atomic E-state index is 5.96. The number of oxazole rings is 1. The van der Waals surface area contributed by atoms with Gasteiger partial charge in [-0.1, -0.05) is 36.4 Å². The largest absolute Gasteiger partial charge is 0.436 e. The van der Waals surface area contributed by atoms with Gasteiger partial charge in [0.15, 0.2) is 5.58 Å². The minimum atomic E-state index is 0.649. The zero-order chi connectivity index (χ0) is 19.4. The number of hydrogen-bond donors (Lipinski definition) is 0. The first-order valence-electron chi connectivity index (χ1n) is 9.43. The van der Waals surface area contributed by atoms with E-state index < -0.39 is 0 Å². The molecule has 0 fully saturated rings. The molecule has 0 aliphatic carbocycles. The first kappa shape index (κ1) is 16.8. The molecule has 29 heavy (non-hydrogen) atoms. The van der Waals surface area contributed by atoms with Gasteiger partial charge in [-0.2, -0.15) is 0 Å².